The van der Waals surface area contributed by atoms with Crippen LogP contribution in [0, 0.1) is 6.92 Å². The van der Waals surface area contributed by atoms with Crippen molar-refractivity contribution in [3.63, 3.8) is 0 Å². The van der Waals surface area contributed by atoms with Crippen molar-refractivity contribution < 1.29 is 14.3 Å². The Bertz CT molecular complexity index is 825. The quantitative estimate of drug-likeness (QED) is 0.643. The Balaban J connectivity index is 2.13. The molecule has 6 heteroatoms. The summed E-state index contributed by atoms with van der Waals surface area (Å²) in [6.07, 6.45) is 0.553. The molecule has 0 unspecified atom stereocenters. The first-order valence-corrected chi connectivity index (χ1v) is 10.9. The van der Waals surface area contributed by atoms with Gasteiger partial charge in [-0.1, -0.05) is 43.3 Å². The number of likely N-dealkylation sites (N-methyl/N-ethyl adjacent to an activating group) is 1. The molecule has 156 valence electrons. The Kier molecular flexibility index (Phi) is 9.06. The zero-order valence-electron chi connectivity index (χ0n) is 17.6. The summed E-state index contributed by atoms with van der Waals surface area (Å²) in [7, 11) is 3.22. The standard InChI is InChI=1S/C23H30N2O3S/c1-5-21(23(27)24-3)25(14-18-10-8-12-20(13-18)28-4)22(26)16-29-15-19-11-7-6-9-17(19)2/h6-13,21H,5,14-16H2,1-4H3,(H,24,27)/t21-/m0/s1. The number of hydrogen-bond acceptors (Lipinski definition) is 4. The lowest BCUT2D eigenvalue weighted by atomic mass is 10.1. The SMILES string of the molecule is CC[C@@H](C(=O)NC)N(Cc1cccc(OC)c1)C(=O)CSCc1ccccc1C. The van der Waals surface area contributed by atoms with E-state index >= 15 is 0 Å². The third-order valence-corrected chi connectivity index (χ3v) is 5.83. The van der Waals surface area contributed by atoms with E-state index in [2.05, 4.69) is 24.4 Å². The summed E-state index contributed by atoms with van der Waals surface area (Å²) in [6.45, 7) is 4.37. The Hall–Kier alpha value is -2.47. The van der Waals surface area contributed by atoms with Gasteiger partial charge in [0.2, 0.25) is 11.8 Å². The first-order valence-electron chi connectivity index (χ1n) is 9.76. The van der Waals surface area contributed by atoms with Gasteiger partial charge in [0, 0.05) is 19.3 Å². The predicted octanol–water partition coefficient (Wildman–Crippen LogP) is 3.79. The van der Waals surface area contributed by atoms with Gasteiger partial charge in [-0.25, -0.2) is 0 Å². The number of carbonyl (C=O) groups is 2. The highest BCUT2D eigenvalue weighted by Gasteiger charge is 2.27. The van der Waals surface area contributed by atoms with Crippen LogP contribution in [0.25, 0.3) is 0 Å². The number of hydrogen-bond donors (Lipinski definition) is 1. The summed E-state index contributed by atoms with van der Waals surface area (Å²) < 4.78 is 5.29. The largest absolute Gasteiger partial charge is 0.497 e. The van der Waals surface area contributed by atoms with Crippen molar-refractivity contribution in [3.8, 4) is 5.75 Å². The molecule has 0 spiro atoms. The van der Waals surface area contributed by atoms with Crippen LogP contribution in [-0.2, 0) is 21.9 Å². The lowest BCUT2D eigenvalue weighted by Gasteiger charge is -2.30. The molecule has 2 aromatic carbocycles. The van der Waals surface area contributed by atoms with Gasteiger partial charge < -0.3 is 15.0 Å². The van der Waals surface area contributed by atoms with Gasteiger partial charge in [0.1, 0.15) is 11.8 Å². The van der Waals surface area contributed by atoms with Gasteiger partial charge in [0.15, 0.2) is 0 Å². The summed E-state index contributed by atoms with van der Waals surface area (Å²) in [5.74, 6) is 1.64. The third kappa shape index (κ3) is 6.53. The van der Waals surface area contributed by atoms with Crippen molar-refractivity contribution in [2.24, 2.45) is 0 Å². The van der Waals surface area contributed by atoms with Gasteiger partial charge in [-0.3, -0.25) is 9.59 Å². The highest BCUT2D eigenvalue weighted by atomic mass is 32.2. The van der Waals surface area contributed by atoms with Crippen molar-refractivity contribution in [3.05, 3.63) is 65.2 Å². The lowest BCUT2D eigenvalue weighted by Crippen LogP contribution is -2.48. The van der Waals surface area contributed by atoms with E-state index in [1.165, 1.54) is 11.1 Å². The van der Waals surface area contributed by atoms with E-state index in [1.807, 2.05) is 43.3 Å². The Morgan fingerprint density at radius 2 is 1.93 bits per heavy atom. The Morgan fingerprint density at radius 1 is 1.17 bits per heavy atom. The van der Waals surface area contributed by atoms with Crippen LogP contribution in [0.3, 0.4) is 0 Å². The first kappa shape index (κ1) is 22.8. The maximum absolute atomic E-state index is 13.1. The number of benzene rings is 2. The molecule has 0 bridgehead atoms. The molecular weight excluding hydrogens is 384 g/mol. The van der Waals surface area contributed by atoms with Gasteiger partial charge in [0.25, 0.3) is 0 Å². The number of carbonyl (C=O) groups excluding carboxylic acids is 2. The number of rotatable bonds is 10. The minimum absolute atomic E-state index is 0.0399. The average molecular weight is 415 g/mol. The molecule has 0 aromatic heterocycles. The van der Waals surface area contributed by atoms with Crippen LogP contribution in [0.1, 0.15) is 30.0 Å². The third-order valence-electron chi connectivity index (χ3n) is 4.86. The minimum atomic E-state index is -0.502. The second kappa shape index (κ2) is 11.5. The van der Waals surface area contributed by atoms with Crippen molar-refractivity contribution in [2.45, 2.75) is 38.6 Å². The van der Waals surface area contributed by atoms with Gasteiger partial charge in [0.05, 0.1) is 12.9 Å². The summed E-state index contributed by atoms with van der Waals surface area (Å²) in [5.41, 5.74) is 3.38. The van der Waals surface area contributed by atoms with E-state index in [-0.39, 0.29) is 11.8 Å². The van der Waals surface area contributed by atoms with Crippen LogP contribution >= 0.6 is 11.8 Å². The molecule has 0 aliphatic carbocycles. The second-order valence-electron chi connectivity index (χ2n) is 6.83. The smallest absolute Gasteiger partial charge is 0.242 e. The Morgan fingerprint density at radius 3 is 2.59 bits per heavy atom. The molecule has 1 N–H and O–H groups in total. The summed E-state index contributed by atoms with van der Waals surface area (Å²) >= 11 is 1.57. The fourth-order valence-electron chi connectivity index (χ4n) is 3.16. The summed E-state index contributed by atoms with van der Waals surface area (Å²) in [5, 5.41) is 2.68. The van der Waals surface area contributed by atoms with E-state index in [0.717, 1.165) is 17.1 Å². The molecule has 0 fully saturated rings. The molecule has 2 aromatic rings. The van der Waals surface area contributed by atoms with Crippen molar-refractivity contribution in [2.75, 3.05) is 19.9 Å². The van der Waals surface area contributed by atoms with Gasteiger partial charge in [-0.2, -0.15) is 0 Å². The molecule has 0 heterocycles. The van der Waals surface area contributed by atoms with Crippen LogP contribution in [0.4, 0.5) is 0 Å². The molecule has 5 nitrogen and oxygen atoms in total. The number of amides is 2. The summed E-state index contributed by atoms with van der Waals surface area (Å²) in [6, 6.07) is 15.3. The van der Waals surface area contributed by atoms with Crippen LogP contribution in [-0.4, -0.2) is 42.7 Å². The topological polar surface area (TPSA) is 58.6 Å². The Labute approximate surface area is 177 Å². The molecule has 0 radical (unpaired) electrons. The van der Waals surface area contributed by atoms with Crippen molar-refractivity contribution in [1.29, 1.82) is 0 Å². The number of nitrogens with zero attached hydrogens (tertiary/aromatic N) is 1. The molecule has 0 aliphatic rings. The number of aryl methyl sites for hydroxylation is 1. The van der Waals surface area contributed by atoms with Crippen molar-refractivity contribution >= 4 is 23.6 Å². The zero-order chi connectivity index (χ0) is 21.2. The minimum Gasteiger partial charge on any atom is -0.497 e. The highest BCUT2D eigenvalue weighted by Crippen LogP contribution is 2.20. The number of thioether (sulfide) groups is 1. The number of ether oxygens (including phenoxy) is 1. The van der Waals surface area contributed by atoms with E-state index in [4.69, 9.17) is 4.74 Å². The molecule has 1 atom stereocenters. The molecule has 0 saturated carbocycles. The molecule has 0 aliphatic heterocycles. The van der Waals surface area contributed by atoms with Crippen molar-refractivity contribution in [1.82, 2.24) is 10.2 Å². The van der Waals surface area contributed by atoms with Gasteiger partial charge in [-0.15, -0.1) is 11.8 Å². The monoisotopic (exact) mass is 414 g/mol. The number of nitrogens with one attached hydrogen (secondary N) is 1. The summed E-state index contributed by atoms with van der Waals surface area (Å²) in [4.78, 5) is 27.2. The fraction of sp³-hybridized carbons (Fsp3) is 0.391. The van der Waals surface area contributed by atoms with E-state index in [1.54, 1.807) is 30.8 Å². The maximum atomic E-state index is 13.1. The zero-order valence-corrected chi connectivity index (χ0v) is 18.4. The maximum Gasteiger partial charge on any atom is 0.242 e. The van der Waals surface area contributed by atoms with Gasteiger partial charge >= 0.3 is 0 Å². The normalized spacial score (nSPS) is 11.6. The molecule has 29 heavy (non-hydrogen) atoms. The molecule has 2 amide bonds. The molecule has 0 saturated heterocycles. The second-order valence-corrected chi connectivity index (χ2v) is 7.82. The van der Waals surface area contributed by atoms with E-state index < -0.39 is 6.04 Å². The lowest BCUT2D eigenvalue weighted by molar-refractivity contribution is -0.139. The van der Waals surface area contributed by atoms with E-state index in [0.29, 0.717) is 18.7 Å². The van der Waals surface area contributed by atoms with Gasteiger partial charge in [-0.05, 0) is 42.2 Å². The van der Waals surface area contributed by atoms with Crippen LogP contribution < -0.4 is 10.1 Å². The first-order chi connectivity index (χ1) is 14.0. The predicted molar refractivity (Wildman–Crippen MR) is 119 cm³/mol. The molecular formula is C23H30N2O3S. The average Bonchev–Trinajstić information content (AvgIpc) is 2.74. The number of methoxy groups -OCH3 is 1. The van der Waals surface area contributed by atoms with Crippen LogP contribution in [0.15, 0.2) is 48.5 Å². The van der Waals surface area contributed by atoms with Crippen LogP contribution in [0.5, 0.6) is 5.75 Å². The highest BCUT2D eigenvalue weighted by molar-refractivity contribution is 7.99. The van der Waals surface area contributed by atoms with E-state index in [9.17, 15) is 9.59 Å². The van der Waals surface area contributed by atoms with Crippen LogP contribution in [0.2, 0.25) is 0 Å². The fourth-order valence-corrected chi connectivity index (χ4v) is 4.14. The molecule has 2 rings (SSSR count).